The van der Waals surface area contributed by atoms with E-state index in [4.69, 9.17) is 16.7 Å². The summed E-state index contributed by atoms with van der Waals surface area (Å²) >= 11 is 5.52. The number of nitro benzene ring substituents is 1. The largest absolute Gasteiger partial charge is 1.00 e. The molecule has 1 atom stereocenters. The van der Waals surface area contributed by atoms with E-state index in [1.807, 2.05) is 0 Å². The van der Waals surface area contributed by atoms with Gasteiger partial charge in [0.05, 0.1) is 4.92 Å². The van der Waals surface area contributed by atoms with Gasteiger partial charge in [-0.15, -0.1) is 0 Å². The van der Waals surface area contributed by atoms with Crippen LogP contribution in [0, 0.1) is 10.1 Å². The molecule has 0 heterocycles. The Morgan fingerprint density at radius 2 is 1.94 bits per heavy atom. The average Bonchev–Trinajstić information content (AvgIpc) is 2.15. The molecule has 0 saturated heterocycles. The summed E-state index contributed by atoms with van der Waals surface area (Å²) in [4.78, 5) is 9.59. The number of hydrogen-bond acceptors (Lipinski definition) is 6. The number of aliphatic hydroxyl groups is 1. The number of nitro groups is 1. The van der Waals surface area contributed by atoms with Crippen molar-refractivity contribution >= 4 is 27.4 Å². The van der Waals surface area contributed by atoms with E-state index in [1.165, 1.54) is 0 Å². The van der Waals surface area contributed by atoms with Gasteiger partial charge in [0, 0.05) is 22.7 Å². The van der Waals surface area contributed by atoms with E-state index in [9.17, 15) is 23.1 Å². The monoisotopic (exact) mass is 289 g/mol. The third kappa shape index (κ3) is 4.18. The summed E-state index contributed by atoms with van der Waals surface area (Å²) in [5.41, 5.74) is -3.40. The number of non-ortho nitro benzene ring substituents is 1. The molecule has 0 fully saturated rings. The molecule has 0 spiro atoms. The van der Waals surface area contributed by atoms with E-state index < -0.39 is 31.7 Å². The van der Waals surface area contributed by atoms with Gasteiger partial charge in [-0.25, -0.2) is 8.42 Å². The maximum atomic E-state index is 10.5. The molecule has 17 heavy (non-hydrogen) atoms. The standard InChI is InChI=1S/C7H6ClNO6S.Na/c8-6-2-1-4(9(11)12)3-5(6)7(10)16(13,14)15;/h1-3,7,10H,(H,13,14,15);/q;+1/p-1. The molecule has 1 unspecified atom stereocenters. The second-order valence-corrected chi connectivity index (χ2v) is 4.65. The summed E-state index contributed by atoms with van der Waals surface area (Å²) in [5.74, 6) is 0. The predicted molar refractivity (Wildman–Crippen MR) is 52.8 cm³/mol. The normalized spacial score (nSPS) is 12.6. The van der Waals surface area contributed by atoms with Crippen molar-refractivity contribution in [1.82, 2.24) is 0 Å². The summed E-state index contributed by atoms with van der Waals surface area (Å²) in [6.45, 7) is 0. The molecule has 0 saturated carbocycles. The molecule has 10 heteroatoms. The Labute approximate surface area is 124 Å². The Morgan fingerprint density at radius 1 is 1.41 bits per heavy atom. The van der Waals surface area contributed by atoms with E-state index in [0.717, 1.165) is 18.2 Å². The van der Waals surface area contributed by atoms with Crippen molar-refractivity contribution in [1.29, 1.82) is 0 Å². The molecule has 7 nitrogen and oxygen atoms in total. The molecular formula is C7H5ClNNaO6S. The number of rotatable bonds is 3. The van der Waals surface area contributed by atoms with Crippen LogP contribution in [0.25, 0.3) is 0 Å². The number of benzene rings is 1. The fourth-order valence-corrected chi connectivity index (χ4v) is 1.78. The quantitative estimate of drug-likeness (QED) is 0.291. The summed E-state index contributed by atoms with van der Waals surface area (Å²) in [7, 11) is -5.02. The number of halogens is 1. The van der Waals surface area contributed by atoms with Crippen LogP contribution in [0.5, 0.6) is 0 Å². The van der Waals surface area contributed by atoms with Crippen LogP contribution in [-0.4, -0.2) is 23.0 Å². The molecule has 0 bridgehead atoms. The van der Waals surface area contributed by atoms with E-state index in [1.54, 1.807) is 0 Å². The zero-order valence-electron chi connectivity index (χ0n) is 8.53. The van der Waals surface area contributed by atoms with Gasteiger partial charge in [-0.05, 0) is 6.07 Å². The van der Waals surface area contributed by atoms with Gasteiger partial charge < -0.3 is 9.66 Å². The minimum absolute atomic E-state index is 0. The maximum absolute atomic E-state index is 10.5. The first-order chi connectivity index (χ1) is 7.23. The van der Waals surface area contributed by atoms with Gasteiger partial charge in [0.25, 0.3) is 5.69 Å². The summed E-state index contributed by atoms with van der Waals surface area (Å²) in [5, 5.41) is 19.3. The molecule has 0 aliphatic heterocycles. The van der Waals surface area contributed by atoms with Crippen LogP contribution in [0.1, 0.15) is 11.0 Å². The second-order valence-electron chi connectivity index (χ2n) is 2.81. The molecule has 1 N–H and O–H groups in total. The molecule has 0 radical (unpaired) electrons. The molecule has 0 aromatic heterocycles. The van der Waals surface area contributed by atoms with Gasteiger partial charge in [0.2, 0.25) is 0 Å². The molecule has 88 valence electrons. The minimum Gasteiger partial charge on any atom is -0.746 e. The Bertz CT molecular complexity index is 533. The fraction of sp³-hybridized carbons (Fsp3) is 0.143. The molecule has 0 amide bonds. The number of aliphatic hydroxyl groups excluding tert-OH is 1. The summed E-state index contributed by atoms with van der Waals surface area (Å²) < 4.78 is 31.6. The first-order valence-corrected chi connectivity index (χ1v) is 5.65. The van der Waals surface area contributed by atoms with Crippen LogP contribution in [-0.2, 0) is 10.1 Å². The van der Waals surface area contributed by atoms with Crippen molar-refractivity contribution in [3.8, 4) is 0 Å². The maximum Gasteiger partial charge on any atom is 1.00 e. The molecule has 0 aliphatic carbocycles. The SMILES string of the molecule is O=[N+]([O-])c1ccc(Cl)c(C(O)S(=O)(=O)[O-])c1.[Na+]. The van der Waals surface area contributed by atoms with Crippen molar-refractivity contribution in [3.05, 3.63) is 38.9 Å². The minimum atomic E-state index is -5.02. The zero-order chi connectivity index (χ0) is 12.5. The van der Waals surface area contributed by atoms with Crippen LogP contribution in [0.15, 0.2) is 18.2 Å². The third-order valence-electron chi connectivity index (χ3n) is 1.73. The van der Waals surface area contributed by atoms with Crippen molar-refractivity contribution in [2.75, 3.05) is 0 Å². The first kappa shape index (κ1) is 16.8. The molecule has 1 rings (SSSR count). The van der Waals surface area contributed by atoms with E-state index in [2.05, 4.69) is 0 Å². The van der Waals surface area contributed by atoms with E-state index in [-0.39, 0.29) is 34.6 Å². The van der Waals surface area contributed by atoms with Crippen LogP contribution in [0.4, 0.5) is 5.69 Å². The molecule has 0 aliphatic rings. The Morgan fingerprint density at radius 3 is 2.35 bits per heavy atom. The van der Waals surface area contributed by atoms with E-state index in [0.29, 0.717) is 0 Å². The molecule has 1 aromatic rings. The van der Waals surface area contributed by atoms with Crippen molar-refractivity contribution in [2.45, 2.75) is 5.44 Å². The van der Waals surface area contributed by atoms with Gasteiger partial charge in [-0.1, -0.05) is 11.6 Å². The molecule has 1 aromatic carbocycles. The van der Waals surface area contributed by atoms with Gasteiger partial charge >= 0.3 is 29.6 Å². The topological polar surface area (TPSA) is 121 Å². The summed E-state index contributed by atoms with van der Waals surface area (Å²) in [6.07, 6.45) is 0. The van der Waals surface area contributed by atoms with Crippen molar-refractivity contribution < 1.29 is 52.6 Å². The van der Waals surface area contributed by atoms with Gasteiger partial charge in [0.15, 0.2) is 5.44 Å². The van der Waals surface area contributed by atoms with Gasteiger partial charge in [-0.2, -0.15) is 0 Å². The van der Waals surface area contributed by atoms with Crippen molar-refractivity contribution in [3.63, 3.8) is 0 Å². The van der Waals surface area contributed by atoms with Crippen LogP contribution in [0.3, 0.4) is 0 Å². The second kappa shape index (κ2) is 6.10. The Hall–Kier alpha value is -0.220. The fourth-order valence-electron chi connectivity index (χ4n) is 0.989. The zero-order valence-corrected chi connectivity index (χ0v) is 12.1. The van der Waals surface area contributed by atoms with Crippen LogP contribution < -0.4 is 29.6 Å². The van der Waals surface area contributed by atoms with Crippen LogP contribution in [0.2, 0.25) is 5.02 Å². The average molecular weight is 290 g/mol. The first-order valence-electron chi connectivity index (χ1n) is 3.80. The van der Waals surface area contributed by atoms with E-state index >= 15 is 0 Å². The number of hydrogen-bond donors (Lipinski definition) is 1. The Kier molecular flexibility index (Phi) is 6.02. The molecular weight excluding hydrogens is 285 g/mol. The van der Waals surface area contributed by atoms with Crippen LogP contribution >= 0.6 is 11.6 Å². The third-order valence-corrected chi connectivity index (χ3v) is 2.87. The van der Waals surface area contributed by atoms with Crippen molar-refractivity contribution in [2.24, 2.45) is 0 Å². The smallest absolute Gasteiger partial charge is 0.746 e. The Balaban J connectivity index is 0.00000256. The van der Waals surface area contributed by atoms with Gasteiger partial charge in [0.1, 0.15) is 10.1 Å². The van der Waals surface area contributed by atoms with Gasteiger partial charge in [-0.3, -0.25) is 10.1 Å². The predicted octanol–water partition coefficient (Wildman–Crippen LogP) is -2.21. The number of nitrogens with zero attached hydrogens (tertiary/aromatic N) is 1. The summed E-state index contributed by atoms with van der Waals surface area (Å²) in [6, 6.07) is 2.79.